The molecule has 2 aromatic rings. The van der Waals surface area contributed by atoms with Gasteiger partial charge in [0.2, 0.25) is 0 Å². The Balaban J connectivity index is 1.30. The molecule has 2 saturated carbocycles. The van der Waals surface area contributed by atoms with Gasteiger partial charge < -0.3 is 14.4 Å². The highest BCUT2D eigenvalue weighted by atomic mass is 16.6. The van der Waals surface area contributed by atoms with Crippen molar-refractivity contribution in [1.82, 2.24) is 4.90 Å². The van der Waals surface area contributed by atoms with Crippen molar-refractivity contribution >= 4 is 11.9 Å². The molecular formula is C27H27NO4. The quantitative estimate of drug-likeness (QED) is 0.663. The number of hydrogen-bond acceptors (Lipinski definition) is 5. The second-order valence-corrected chi connectivity index (χ2v) is 9.53. The number of benzene rings is 2. The monoisotopic (exact) mass is 429 g/mol. The maximum Gasteiger partial charge on any atom is 0.338 e. The van der Waals surface area contributed by atoms with Crippen molar-refractivity contribution < 1.29 is 19.1 Å². The highest BCUT2D eigenvalue weighted by Gasteiger charge is 2.70. The van der Waals surface area contributed by atoms with Crippen LogP contribution in [0, 0.1) is 23.7 Å². The van der Waals surface area contributed by atoms with Crippen molar-refractivity contribution in [3.05, 3.63) is 84.6 Å². The summed E-state index contributed by atoms with van der Waals surface area (Å²) >= 11 is 0. The van der Waals surface area contributed by atoms with E-state index in [1.165, 1.54) is 0 Å². The Morgan fingerprint density at radius 2 is 1.22 bits per heavy atom. The molecule has 0 amide bonds. The number of ether oxygens (including phenoxy) is 2. The molecule has 32 heavy (non-hydrogen) atoms. The summed E-state index contributed by atoms with van der Waals surface area (Å²) in [5, 5.41) is 0. The van der Waals surface area contributed by atoms with E-state index in [0.29, 0.717) is 35.0 Å². The fraction of sp³-hybridized carbons (Fsp3) is 0.407. The van der Waals surface area contributed by atoms with Gasteiger partial charge in [0.15, 0.2) is 0 Å². The van der Waals surface area contributed by atoms with E-state index in [0.717, 1.165) is 19.3 Å². The Morgan fingerprint density at radius 3 is 1.62 bits per heavy atom. The van der Waals surface area contributed by atoms with Crippen LogP contribution in [0.2, 0.25) is 0 Å². The van der Waals surface area contributed by atoms with Gasteiger partial charge in [-0.25, -0.2) is 9.59 Å². The van der Waals surface area contributed by atoms with Crippen molar-refractivity contribution in [3.8, 4) is 0 Å². The van der Waals surface area contributed by atoms with Crippen molar-refractivity contribution in [2.75, 3.05) is 0 Å². The zero-order valence-electron chi connectivity index (χ0n) is 17.9. The Hall–Kier alpha value is -3.08. The molecule has 164 valence electrons. The van der Waals surface area contributed by atoms with Crippen LogP contribution in [0.15, 0.2) is 73.4 Å². The predicted molar refractivity (Wildman–Crippen MR) is 119 cm³/mol. The third-order valence-corrected chi connectivity index (χ3v) is 8.27. The molecule has 4 fully saturated rings. The van der Waals surface area contributed by atoms with Gasteiger partial charge in [0.05, 0.1) is 11.1 Å². The number of carbonyl (C=O) groups is 2. The fourth-order valence-electron chi connectivity index (χ4n) is 7.26. The third kappa shape index (κ3) is 2.83. The maximum absolute atomic E-state index is 13.0. The molecule has 0 aromatic heterocycles. The van der Waals surface area contributed by atoms with Crippen LogP contribution in [0.25, 0.3) is 0 Å². The van der Waals surface area contributed by atoms with Gasteiger partial charge in [0, 0.05) is 23.9 Å². The lowest BCUT2D eigenvalue weighted by Crippen LogP contribution is -2.49. The van der Waals surface area contributed by atoms with E-state index >= 15 is 0 Å². The number of fused-ring (bicyclic) bond motifs is 9. The Morgan fingerprint density at radius 1 is 0.781 bits per heavy atom. The molecular weight excluding hydrogens is 402 g/mol. The van der Waals surface area contributed by atoms with Gasteiger partial charge in [-0.05, 0) is 61.6 Å². The maximum atomic E-state index is 13.0. The van der Waals surface area contributed by atoms with Crippen LogP contribution in [-0.4, -0.2) is 41.1 Å². The lowest BCUT2D eigenvalue weighted by molar-refractivity contribution is -0.0823. The average Bonchev–Trinajstić information content (AvgIpc) is 3.58. The minimum Gasteiger partial charge on any atom is -0.455 e. The summed E-state index contributed by atoms with van der Waals surface area (Å²) in [5.74, 6) is 0.676. The zero-order chi connectivity index (χ0) is 21.8. The molecule has 5 nitrogen and oxygen atoms in total. The van der Waals surface area contributed by atoms with Crippen LogP contribution >= 0.6 is 0 Å². The van der Waals surface area contributed by atoms with Crippen LogP contribution in [0.5, 0.6) is 0 Å². The molecule has 2 heterocycles. The van der Waals surface area contributed by atoms with E-state index in [4.69, 9.17) is 9.47 Å². The summed E-state index contributed by atoms with van der Waals surface area (Å²) in [4.78, 5) is 28.3. The van der Waals surface area contributed by atoms with Crippen LogP contribution in [-0.2, 0) is 9.47 Å². The molecule has 4 aliphatic rings. The molecule has 0 radical (unpaired) electrons. The van der Waals surface area contributed by atoms with Crippen LogP contribution < -0.4 is 0 Å². The topological polar surface area (TPSA) is 55.8 Å². The van der Waals surface area contributed by atoms with Crippen LogP contribution in [0.1, 0.15) is 40.0 Å². The molecule has 2 aromatic carbocycles. The summed E-state index contributed by atoms with van der Waals surface area (Å²) in [5.41, 5.74) is 1.06. The van der Waals surface area contributed by atoms with E-state index in [1.807, 2.05) is 42.6 Å². The highest BCUT2D eigenvalue weighted by molar-refractivity contribution is 5.90. The third-order valence-electron chi connectivity index (χ3n) is 8.27. The lowest BCUT2D eigenvalue weighted by Gasteiger charge is -2.40. The molecule has 0 spiro atoms. The molecule has 8 unspecified atom stereocenters. The fourth-order valence-corrected chi connectivity index (χ4v) is 7.26. The summed E-state index contributed by atoms with van der Waals surface area (Å²) < 4.78 is 12.2. The normalized spacial score (nSPS) is 36.1. The van der Waals surface area contributed by atoms with Crippen molar-refractivity contribution in [2.24, 2.45) is 23.7 Å². The zero-order valence-corrected chi connectivity index (χ0v) is 17.9. The number of esters is 2. The molecule has 6 rings (SSSR count). The minimum absolute atomic E-state index is 0.212. The first-order chi connectivity index (χ1) is 15.7. The number of carbonyl (C=O) groups excluding carboxylic acids is 2. The summed E-state index contributed by atoms with van der Waals surface area (Å²) in [6.45, 7) is 4.05. The first kappa shape index (κ1) is 19.6. The summed E-state index contributed by atoms with van der Waals surface area (Å²) in [6, 6.07) is 19.1. The van der Waals surface area contributed by atoms with E-state index < -0.39 is 12.2 Å². The van der Waals surface area contributed by atoms with Crippen molar-refractivity contribution in [2.45, 2.75) is 43.6 Å². The number of hydrogen-bond donors (Lipinski definition) is 0. The second-order valence-electron chi connectivity index (χ2n) is 9.53. The SMILES string of the molecule is C=CN1C2CCC1C1C3CC(C(OC(=O)c4ccccc4)C3OC(=O)c3ccccc3)C12. The van der Waals surface area contributed by atoms with E-state index in [-0.39, 0.29) is 23.8 Å². The standard InChI is InChI=1S/C27H27NO4/c1-2-28-20-13-14-21(28)23-19-15-18(22(20)23)24(31-26(29)16-9-5-3-6-10-16)25(19)32-27(30)17-11-7-4-8-12-17/h2-12,18-25H,1,13-15H2. The van der Waals surface area contributed by atoms with Gasteiger partial charge in [0.25, 0.3) is 0 Å². The van der Waals surface area contributed by atoms with Gasteiger partial charge in [-0.1, -0.05) is 43.0 Å². The van der Waals surface area contributed by atoms with E-state index in [1.54, 1.807) is 24.3 Å². The Bertz CT molecular complexity index is 959. The predicted octanol–water partition coefficient (Wildman–Crippen LogP) is 4.31. The number of nitrogens with zero attached hydrogens (tertiary/aromatic N) is 1. The summed E-state index contributed by atoms with van der Waals surface area (Å²) in [7, 11) is 0. The van der Waals surface area contributed by atoms with Crippen molar-refractivity contribution in [3.63, 3.8) is 0 Å². The average molecular weight is 430 g/mol. The first-order valence-corrected chi connectivity index (χ1v) is 11.6. The molecule has 5 heteroatoms. The van der Waals surface area contributed by atoms with Crippen LogP contribution in [0.3, 0.4) is 0 Å². The second kappa shape index (κ2) is 7.51. The molecule has 2 aliphatic carbocycles. The Kier molecular flexibility index (Phi) is 4.60. The molecule has 8 atom stereocenters. The van der Waals surface area contributed by atoms with Gasteiger partial charge >= 0.3 is 11.9 Å². The first-order valence-electron chi connectivity index (χ1n) is 11.6. The molecule has 0 N–H and O–H groups in total. The van der Waals surface area contributed by atoms with Gasteiger partial charge in [-0.15, -0.1) is 0 Å². The van der Waals surface area contributed by atoms with E-state index in [9.17, 15) is 9.59 Å². The minimum atomic E-state index is -0.410. The van der Waals surface area contributed by atoms with E-state index in [2.05, 4.69) is 11.5 Å². The summed E-state index contributed by atoms with van der Waals surface area (Å²) in [6.07, 6.45) is 4.44. The van der Waals surface area contributed by atoms with Gasteiger partial charge in [0.1, 0.15) is 12.2 Å². The van der Waals surface area contributed by atoms with Crippen LogP contribution in [0.4, 0.5) is 0 Å². The highest BCUT2D eigenvalue weighted by Crippen LogP contribution is 2.64. The van der Waals surface area contributed by atoms with Crippen molar-refractivity contribution in [1.29, 1.82) is 0 Å². The van der Waals surface area contributed by atoms with Gasteiger partial charge in [-0.2, -0.15) is 0 Å². The largest absolute Gasteiger partial charge is 0.455 e. The molecule has 2 aliphatic heterocycles. The van der Waals surface area contributed by atoms with Gasteiger partial charge in [-0.3, -0.25) is 0 Å². The smallest absolute Gasteiger partial charge is 0.338 e. The lowest BCUT2D eigenvalue weighted by atomic mass is 9.69. The molecule has 4 bridgehead atoms. The number of rotatable bonds is 5. The Labute approximate surface area is 188 Å². The molecule has 2 saturated heterocycles.